The molecule has 0 saturated carbocycles. The molecule has 1 aromatic heterocycles. The van der Waals surface area contributed by atoms with E-state index < -0.39 is 22.0 Å². The Labute approximate surface area is 116 Å². The summed E-state index contributed by atoms with van der Waals surface area (Å²) in [5, 5.41) is 3.58. The van der Waals surface area contributed by atoms with Crippen LogP contribution in [0.15, 0.2) is 9.42 Å². The third-order valence-corrected chi connectivity index (χ3v) is 4.85. The van der Waals surface area contributed by atoms with Crippen molar-refractivity contribution in [1.29, 1.82) is 0 Å². The van der Waals surface area contributed by atoms with Crippen LogP contribution in [-0.4, -0.2) is 37.5 Å². The number of aryl methyl sites for hydroxylation is 2. The number of amides is 1. The molecule has 0 bridgehead atoms. The van der Waals surface area contributed by atoms with E-state index in [1.165, 1.54) is 25.6 Å². The number of carbonyl (C=O) groups excluding carboxylic acids is 1. The molecule has 19 heavy (non-hydrogen) atoms. The van der Waals surface area contributed by atoms with E-state index in [-0.39, 0.29) is 16.3 Å². The second-order valence-corrected chi connectivity index (χ2v) is 6.65. The first-order valence-electron chi connectivity index (χ1n) is 5.53. The van der Waals surface area contributed by atoms with E-state index in [1.807, 2.05) is 6.26 Å². The van der Waals surface area contributed by atoms with Crippen LogP contribution < -0.4 is 10.5 Å². The highest BCUT2D eigenvalue weighted by Crippen LogP contribution is 2.19. The van der Waals surface area contributed by atoms with E-state index in [0.29, 0.717) is 12.2 Å². The number of aromatic nitrogens is 1. The van der Waals surface area contributed by atoms with Gasteiger partial charge in [0.15, 0.2) is 5.76 Å². The molecule has 0 aromatic carbocycles. The van der Waals surface area contributed by atoms with Gasteiger partial charge in [-0.15, -0.1) is 0 Å². The molecule has 108 valence electrons. The SMILES string of the molecule is CSCCC(NS(=O)(=O)c1c(C)noc1C)C(N)=O. The van der Waals surface area contributed by atoms with Gasteiger partial charge in [0.1, 0.15) is 16.6 Å². The maximum Gasteiger partial charge on any atom is 0.246 e. The first-order chi connectivity index (χ1) is 8.79. The quantitative estimate of drug-likeness (QED) is 0.742. The van der Waals surface area contributed by atoms with Crippen molar-refractivity contribution in [3.05, 3.63) is 11.5 Å². The van der Waals surface area contributed by atoms with Crippen LogP contribution in [0, 0.1) is 13.8 Å². The van der Waals surface area contributed by atoms with Crippen molar-refractivity contribution in [2.24, 2.45) is 5.73 Å². The van der Waals surface area contributed by atoms with Gasteiger partial charge in [0.25, 0.3) is 0 Å². The minimum absolute atomic E-state index is 0.0390. The zero-order valence-electron chi connectivity index (χ0n) is 11.0. The first-order valence-corrected chi connectivity index (χ1v) is 8.40. The van der Waals surface area contributed by atoms with Crippen LogP contribution in [-0.2, 0) is 14.8 Å². The fourth-order valence-electron chi connectivity index (χ4n) is 1.60. The lowest BCUT2D eigenvalue weighted by molar-refractivity contribution is -0.119. The largest absolute Gasteiger partial charge is 0.368 e. The molecule has 1 heterocycles. The first kappa shape index (κ1) is 16.0. The Morgan fingerprint density at radius 2 is 2.16 bits per heavy atom. The zero-order chi connectivity index (χ0) is 14.6. The van der Waals surface area contributed by atoms with Gasteiger partial charge in [-0.3, -0.25) is 4.79 Å². The Bertz CT molecular complexity index is 534. The summed E-state index contributed by atoms with van der Waals surface area (Å²) >= 11 is 1.50. The second kappa shape index (κ2) is 6.40. The molecule has 1 amide bonds. The van der Waals surface area contributed by atoms with Gasteiger partial charge >= 0.3 is 0 Å². The molecular weight excluding hydrogens is 290 g/mol. The molecule has 0 aliphatic carbocycles. The van der Waals surface area contributed by atoms with Crippen LogP contribution in [0.1, 0.15) is 17.9 Å². The number of nitrogens with zero attached hydrogens (tertiary/aromatic N) is 1. The molecule has 0 spiro atoms. The van der Waals surface area contributed by atoms with E-state index in [0.717, 1.165) is 0 Å². The van der Waals surface area contributed by atoms with Crippen molar-refractivity contribution >= 4 is 27.7 Å². The molecule has 3 N–H and O–H groups in total. The number of thioether (sulfide) groups is 1. The summed E-state index contributed by atoms with van der Waals surface area (Å²) in [6.45, 7) is 3.02. The lowest BCUT2D eigenvalue weighted by Gasteiger charge is -2.14. The highest BCUT2D eigenvalue weighted by molar-refractivity contribution is 7.98. The number of nitrogens with two attached hydrogens (primary N) is 1. The number of nitrogens with one attached hydrogen (secondary N) is 1. The molecule has 0 aliphatic rings. The average Bonchev–Trinajstić information content (AvgIpc) is 2.64. The van der Waals surface area contributed by atoms with Gasteiger partial charge < -0.3 is 10.3 Å². The van der Waals surface area contributed by atoms with Crippen molar-refractivity contribution in [1.82, 2.24) is 9.88 Å². The Hall–Kier alpha value is -1.06. The number of rotatable bonds is 7. The third-order valence-electron chi connectivity index (χ3n) is 2.49. The number of hydrogen-bond acceptors (Lipinski definition) is 6. The summed E-state index contributed by atoms with van der Waals surface area (Å²) in [7, 11) is -3.87. The van der Waals surface area contributed by atoms with Crippen LogP contribution in [0.25, 0.3) is 0 Å². The van der Waals surface area contributed by atoms with Gasteiger partial charge in [0.05, 0.1) is 0 Å². The molecule has 0 saturated heterocycles. The molecule has 1 atom stereocenters. The Balaban J connectivity index is 2.98. The summed E-state index contributed by atoms with van der Waals surface area (Å²) in [6, 6.07) is -0.939. The van der Waals surface area contributed by atoms with Crippen LogP contribution >= 0.6 is 11.8 Å². The van der Waals surface area contributed by atoms with Crippen LogP contribution in [0.4, 0.5) is 0 Å². The van der Waals surface area contributed by atoms with Gasteiger partial charge in [-0.2, -0.15) is 16.5 Å². The van der Waals surface area contributed by atoms with Crippen LogP contribution in [0.2, 0.25) is 0 Å². The Morgan fingerprint density at radius 3 is 2.58 bits per heavy atom. The number of sulfonamides is 1. The maximum atomic E-state index is 12.2. The molecular formula is C10H17N3O4S2. The topological polar surface area (TPSA) is 115 Å². The van der Waals surface area contributed by atoms with Gasteiger partial charge in [-0.25, -0.2) is 8.42 Å². The van der Waals surface area contributed by atoms with Gasteiger partial charge in [0.2, 0.25) is 15.9 Å². The lowest BCUT2D eigenvalue weighted by atomic mass is 10.2. The Kier molecular flexibility index (Phi) is 5.39. The van der Waals surface area contributed by atoms with Gasteiger partial charge in [0, 0.05) is 0 Å². The van der Waals surface area contributed by atoms with E-state index in [4.69, 9.17) is 10.3 Å². The molecule has 0 aliphatic heterocycles. The average molecular weight is 307 g/mol. The number of hydrogen-bond donors (Lipinski definition) is 2. The zero-order valence-corrected chi connectivity index (χ0v) is 12.6. The van der Waals surface area contributed by atoms with Crippen molar-refractivity contribution in [3.8, 4) is 0 Å². The molecule has 9 heteroatoms. The minimum atomic E-state index is -3.87. The fourth-order valence-corrected chi connectivity index (χ4v) is 3.64. The molecule has 1 unspecified atom stereocenters. The van der Waals surface area contributed by atoms with Gasteiger partial charge in [-0.1, -0.05) is 5.16 Å². The summed E-state index contributed by atoms with van der Waals surface area (Å²) < 4.78 is 31.5. The smallest absolute Gasteiger partial charge is 0.246 e. The van der Waals surface area contributed by atoms with Crippen molar-refractivity contribution in [2.45, 2.75) is 31.2 Å². The summed E-state index contributed by atoms with van der Waals surface area (Å²) in [5.41, 5.74) is 5.45. The normalized spacial score (nSPS) is 13.4. The number of carbonyl (C=O) groups is 1. The maximum absolute atomic E-state index is 12.2. The van der Waals surface area contributed by atoms with E-state index in [9.17, 15) is 13.2 Å². The minimum Gasteiger partial charge on any atom is -0.368 e. The summed E-state index contributed by atoms with van der Waals surface area (Å²) in [5.74, 6) is 0.0973. The molecule has 7 nitrogen and oxygen atoms in total. The predicted octanol–water partition coefficient (Wildman–Crippen LogP) is 0.177. The second-order valence-electron chi connectivity index (χ2n) is 4.01. The summed E-state index contributed by atoms with van der Waals surface area (Å²) in [6.07, 6.45) is 2.19. The van der Waals surface area contributed by atoms with Crippen molar-refractivity contribution in [2.75, 3.05) is 12.0 Å². The molecule has 1 aromatic rings. The highest BCUT2D eigenvalue weighted by Gasteiger charge is 2.28. The summed E-state index contributed by atoms with van der Waals surface area (Å²) in [4.78, 5) is 11.2. The van der Waals surface area contributed by atoms with E-state index in [2.05, 4.69) is 9.88 Å². The van der Waals surface area contributed by atoms with Crippen molar-refractivity contribution in [3.63, 3.8) is 0 Å². The molecule has 0 fully saturated rings. The third kappa shape index (κ3) is 3.95. The molecule has 1 rings (SSSR count). The standard InChI is InChI=1S/C10H17N3O4S2/c1-6-9(7(2)17-12-6)19(15,16)13-8(10(11)14)4-5-18-3/h8,13H,4-5H2,1-3H3,(H2,11,14). The van der Waals surface area contributed by atoms with Crippen molar-refractivity contribution < 1.29 is 17.7 Å². The monoisotopic (exact) mass is 307 g/mol. The lowest BCUT2D eigenvalue weighted by Crippen LogP contribution is -2.44. The van der Waals surface area contributed by atoms with E-state index in [1.54, 1.807) is 0 Å². The van der Waals surface area contributed by atoms with Gasteiger partial charge in [-0.05, 0) is 32.3 Å². The highest BCUT2D eigenvalue weighted by atomic mass is 32.2. The predicted molar refractivity (Wildman–Crippen MR) is 72.3 cm³/mol. The fraction of sp³-hybridized carbons (Fsp3) is 0.600. The van der Waals surface area contributed by atoms with E-state index >= 15 is 0 Å². The van der Waals surface area contributed by atoms with Crippen LogP contribution in [0.3, 0.4) is 0 Å². The molecule has 0 radical (unpaired) electrons. The van der Waals surface area contributed by atoms with Crippen LogP contribution in [0.5, 0.6) is 0 Å². The Morgan fingerprint density at radius 1 is 1.53 bits per heavy atom. The number of primary amides is 1.